The molecule has 1 atom stereocenters. The first-order chi connectivity index (χ1) is 7.93. The highest BCUT2D eigenvalue weighted by Gasteiger charge is 2.17. The van der Waals surface area contributed by atoms with Crippen molar-refractivity contribution in [3.05, 3.63) is 58.5 Å². The second-order valence-corrected chi connectivity index (χ2v) is 4.61. The van der Waals surface area contributed by atoms with E-state index in [1.165, 1.54) is 26.8 Å². The minimum atomic E-state index is 0.596. The fourth-order valence-corrected chi connectivity index (χ4v) is 3.01. The van der Waals surface area contributed by atoms with E-state index in [1.807, 2.05) is 0 Å². The van der Waals surface area contributed by atoms with Crippen molar-refractivity contribution < 1.29 is 0 Å². The van der Waals surface area contributed by atoms with E-state index >= 15 is 0 Å². The molecule has 0 bridgehead atoms. The Balaban J connectivity index is 2.36. The first kappa shape index (κ1) is 8.35. The zero-order valence-electron chi connectivity index (χ0n) is 8.98. The van der Waals surface area contributed by atoms with E-state index < -0.39 is 0 Å². The maximum absolute atomic E-state index is 2.37. The van der Waals surface area contributed by atoms with Crippen LogP contribution in [0.25, 0.3) is 22.9 Å². The molecule has 4 rings (SSSR count). The molecule has 0 saturated heterocycles. The molecule has 2 aliphatic rings. The second-order valence-electron chi connectivity index (χ2n) is 4.61. The van der Waals surface area contributed by atoms with E-state index in [0.29, 0.717) is 5.92 Å². The highest BCUT2D eigenvalue weighted by atomic mass is 14.2. The van der Waals surface area contributed by atoms with Crippen LogP contribution in [0.3, 0.4) is 0 Å². The molecular formula is C16H12. The minimum Gasteiger partial charge on any atom is -0.0766 e. The summed E-state index contributed by atoms with van der Waals surface area (Å²) in [4.78, 5) is 0. The molecule has 2 aromatic rings. The Hall–Kier alpha value is -1.82. The molecule has 0 aliphatic heterocycles. The maximum Gasteiger partial charge on any atom is 0.00682 e. The summed E-state index contributed by atoms with van der Waals surface area (Å²) in [6.45, 7) is 0. The summed E-state index contributed by atoms with van der Waals surface area (Å²) in [6, 6.07) is 11.1. The molecule has 0 saturated carbocycles. The van der Waals surface area contributed by atoms with Gasteiger partial charge < -0.3 is 0 Å². The number of benzene rings is 2. The molecule has 16 heavy (non-hydrogen) atoms. The van der Waals surface area contributed by atoms with Crippen molar-refractivity contribution in [3.63, 3.8) is 0 Å². The van der Waals surface area contributed by atoms with Crippen LogP contribution >= 0.6 is 0 Å². The van der Waals surface area contributed by atoms with E-state index in [1.54, 1.807) is 0 Å². The summed E-state index contributed by atoms with van der Waals surface area (Å²) in [7, 11) is 0. The summed E-state index contributed by atoms with van der Waals surface area (Å²) >= 11 is 0. The lowest BCUT2D eigenvalue weighted by molar-refractivity contribution is 0.877. The molecule has 0 heterocycles. The molecule has 0 fully saturated rings. The standard InChI is InChI=1S/C16H12/c1-3-11-7-9-13-5-2-6-14-10-8-12(4-1)15(11)16(13)14/h1-9,14H,10H2. The van der Waals surface area contributed by atoms with Crippen LogP contribution in [-0.4, -0.2) is 0 Å². The van der Waals surface area contributed by atoms with Gasteiger partial charge in [0.15, 0.2) is 0 Å². The Bertz CT molecular complexity index is 732. The van der Waals surface area contributed by atoms with E-state index in [9.17, 15) is 0 Å². The monoisotopic (exact) mass is 204 g/mol. The fraction of sp³-hybridized carbons (Fsp3) is 0.125. The third kappa shape index (κ3) is 0.943. The average Bonchev–Trinajstić information content (AvgIpc) is 2.36. The third-order valence-corrected chi connectivity index (χ3v) is 3.73. The van der Waals surface area contributed by atoms with Gasteiger partial charge in [-0.15, -0.1) is 0 Å². The first-order valence-electron chi connectivity index (χ1n) is 5.84. The van der Waals surface area contributed by atoms with E-state index in [-0.39, 0.29) is 0 Å². The van der Waals surface area contributed by atoms with Gasteiger partial charge in [-0.3, -0.25) is 0 Å². The minimum absolute atomic E-state index is 0.596. The van der Waals surface area contributed by atoms with E-state index in [2.05, 4.69) is 54.6 Å². The third-order valence-electron chi connectivity index (χ3n) is 3.73. The first-order valence-corrected chi connectivity index (χ1v) is 5.84. The molecular weight excluding hydrogens is 192 g/mol. The number of hydrogen-bond acceptors (Lipinski definition) is 0. The lowest BCUT2D eigenvalue weighted by atomic mass is 9.82. The van der Waals surface area contributed by atoms with Gasteiger partial charge in [-0.1, -0.05) is 54.6 Å². The summed E-state index contributed by atoms with van der Waals surface area (Å²) in [5, 5.41) is 5.66. The van der Waals surface area contributed by atoms with Crippen LogP contribution in [0.15, 0.2) is 42.5 Å². The summed E-state index contributed by atoms with van der Waals surface area (Å²) in [5.41, 5.74) is 1.54. The maximum atomic E-state index is 2.37. The zero-order chi connectivity index (χ0) is 10.5. The Kier molecular flexibility index (Phi) is 1.49. The molecule has 1 unspecified atom stereocenters. The average molecular weight is 204 g/mol. The summed E-state index contributed by atoms with van der Waals surface area (Å²) in [6.07, 6.45) is 10.3. The van der Waals surface area contributed by atoms with Crippen LogP contribution in [0.5, 0.6) is 0 Å². The quantitative estimate of drug-likeness (QED) is 0.618. The highest BCUT2D eigenvalue weighted by molar-refractivity contribution is 5.89. The summed E-state index contributed by atoms with van der Waals surface area (Å²) < 4.78 is 0. The van der Waals surface area contributed by atoms with Gasteiger partial charge in [-0.25, -0.2) is 0 Å². The molecule has 0 heteroatoms. The van der Waals surface area contributed by atoms with Crippen molar-refractivity contribution in [2.75, 3.05) is 0 Å². The van der Waals surface area contributed by atoms with Crippen LogP contribution < -0.4 is 10.4 Å². The van der Waals surface area contributed by atoms with Crippen molar-refractivity contribution in [1.29, 1.82) is 0 Å². The Morgan fingerprint density at radius 1 is 1.00 bits per heavy atom. The normalized spacial score (nSPS) is 20.4. The van der Waals surface area contributed by atoms with Crippen LogP contribution in [-0.2, 0) is 0 Å². The molecule has 2 aliphatic carbocycles. The molecule has 0 amide bonds. The van der Waals surface area contributed by atoms with Crippen molar-refractivity contribution in [2.24, 2.45) is 0 Å². The molecule has 0 nitrogen and oxygen atoms in total. The van der Waals surface area contributed by atoms with Crippen LogP contribution in [0.2, 0.25) is 0 Å². The van der Waals surface area contributed by atoms with E-state index in [4.69, 9.17) is 0 Å². The smallest absolute Gasteiger partial charge is 0.00682 e. The molecule has 0 radical (unpaired) electrons. The van der Waals surface area contributed by atoms with E-state index in [0.717, 1.165) is 6.42 Å². The Morgan fingerprint density at radius 3 is 3.00 bits per heavy atom. The Labute approximate surface area is 94.2 Å². The molecule has 0 spiro atoms. The fourth-order valence-electron chi connectivity index (χ4n) is 3.01. The molecule has 0 N–H and O–H groups in total. The molecule has 76 valence electrons. The topological polar surface area (TPSA) is 0 Å². The van der Waals surface area contributed by atoms with Crippen LogP contribution in [0, 0.1) is 0 Å². The van der Waals surface area contributed by atoms with Gasteiger partial charge in [0, 0.05) is 5.92 Å². The largest absolute Gasteiger partial charge is 0.0766 e. The molecule has 2 aromatic carbocycles. The Morgan fingerprint density at radius 2 is 2.00 bits per heavy atom. The van der Waals surface area contributed by atoms with Crippen molar-refractivity contribution in [2.45, 2.75) is 12.3 Å². The van der Waals surface area contributed by atoms with Gasteiger partial charge in [0.25, 0.3) is 0 Å². The van der Waals surface area contributed by atoms with Gasteiger partial charge in [0.05, 0.1) is 0 Å². The number of hydrogen-bond donors (Lipinski definition) is 0. The van der Waals surface area contributed by atoms with Crippen molar-refractivity contribution >= 4 is 22.9 Å². The zero-order valence-corrected chi connectivity index (χ0v) is 8.98. The van der Waals surface area contributed by atoms with Gasteiger partial charge in [0.2, 0.25) is 0 Å². The second kappa shape index (κ2) is 2.85. The number of allylic oxidation sites excluding steroid dienone is 2. The lowest BCUT2D eigenvalue weighted by Crippen LogP contribution is -2.22. The lowest BCUT2D eigenvalue weighted by Gasteiger charge is -2.21. The van der Waals surface area contributed by atoms with Crippen LogP contribution in [0.1, 0.15) is 17.9 Å². The van der Waals surface area contributed by atoms with Crippen molar-refractivity contribution in [1.82, 2.24) is 0 Å². The summed E-state index contributed by atoms with van der Waals surface area (Å²) in [5.74, 6) is 0.596. The SMILES string of the molecule is C1=CC2CC=c3cccc4ccc(c2c34)=C1. The predicted molar refractivity (Wildman–Crippen MR) is 68.6 cm³/mol. The molecule has 0 aromatic heterocycles. The van der Waals surface area contributed by atoms with Gasteiger partial charge in [0.1, 0.15) is 0 Å². The predicted octanol–water partition coefficient (Wildman–Crippen LogP) is 2.46. The van der Waals surface area contributed by atoms with Crippen molar-refractivity contribution in [3.8, 4) is 0 Å². The van der Waals surface area contributed by atoms with Gasteiger partial charge >= 0.3 is 0 Å². The number of rotatable bonds is 0. The van der Waals surface area contributed by atoms with Crippen LogP contribution in [0.4, 0.5) is 0 Å². The van der Waals surface area contributed by atoms with Gasteiger partial charge in [-0.05, 0) is 33.2 Å². The highest BCUT2D eigenvalue weighted by Crippen LogP contribution is 2.29. The van der Waals surface area contributed by atoms with Gasteiger partial charge in [-0.2, -0.15) is 0 Å².